The third-order valence-corrected chi connectivity index (χ3v) is 3.52. The lowest BCUT2D eigenvalue weighted by Gasteiger charge is -1.99. The number of esters is 1. The van der Waals surface area contributed by atoms with Gasteiger partial charge in [-0.05, 0) is 35.8 Å². The van der Waals surface area contributed by atoms with Gasteiger partial charge in [0.05, 0.1) is 0 Å². The number of benzene rings is 2. The van der Waals surface area contributed by atoms with Crippen LogP contribution < -0.4 is 0 Å². The SMILES string of the molecule is CCC(=Cc1ccccc1)C=C1N=C(c2ccccc2)OC1=O. The second kappa shape index (κ2) is 6.88. The highest BCUT2D eigenvalue weighted by Gasteiger charge is 2.23. The second-order valence-corrected chi connectivity index (χ2v) is 5.19. The first-order chi connectivity index (χ1) is 11.3. The van der Waals surface area contributed by atoms with E-state index in [9.17, 15) is 4.79 Å². The Bertz CT molecular complexity index is 787. The van der Waals surface area contributed by atoms with Gasteiger partial charge in [0.1, 0.15) is 0 Å². The highest BCUT2D eigenvalue weighted by molar-refractivity contribution is 6.11. The molecule has 0 saturated heterocycles. The van der Waals surface area contributed by atoms with E-state index in [1.54, 1.807) is 6.08 Å². The Morgan fingerprint density at radius 3 is 2.35 bits per heavy atom. The summed E-state index contributed by atoms with van der Waals surface area (Å²) in [7, 11) is 0. The van der Waals surface area contributed by atoms with E-state index in [1.807, 2.05) is 67.6 Å². The van der Waals surface area contributed by atoms with Gasteiger partial charge in [-0.15, -0.1) is 0 Å². The Morgan fingerprint density at radius 1 is 1.04 bits per heavy atom. The van der Waals surface area contributed by atoms with Crippen LogP contribution in [0.3, 0.4) is 0 Å². The van der Waals surface area contributed by atoms with Gasteiger partial charge in [0.2, 0.25) is 5.90 Å². The summed E-state index contributed by atoms with van der Waals surface area (Å²) in [6, 6.07) is 19.4. The van der Waals surface area contributed by atoms with Crippen molar-refractivity contribution < 1.29 is 9.53 Å². The highest BCUT2D eigenvalue weighted by atomic mass is 16.6. The molecule has 1 aliphatic rings. The van der Waals surface area contributed by atoms with E-state index >= 15 is 0 Å². The molecule has 0 bridgehead atoms. The molecule has 0 atom stereocenters. The molecule has 2 aromatic carbocycles. The predicted molar refractivity (Wildman–Crippen MR) is 91.9 cm³/mol. The number of hydrogen-bond donors (Lipinski definition) is 0. The van der Waals surface area contributed by atoms with Gasteiger partial charge >= 0.3 is 5.97 Å². The van der Waals surface area contributed by atoms with Gasteiger partial charge in [0, 0.05) is 5.56 Å². The predicted octanol–water partition coefficient (Wildman–Crippen LogP) is 4.37. The largest absolute Gasteiger partial charge is 0.402 e. The van der Waals surface area contributed by atoms with E-state index in [2.05, 4.69) is 11.1 Å². The molecule has 0 fully saturated rings. The van der Waals surface area contributed by atoms with Crippen LogP contribution in [0.5, 0.6) is 0 Å². The summed E-state index contributed by atoms with van der Waals surface area (Å²) in [6.07, 6.45) is 4.66. The molecule has 0 spiro atoms. The molecule has 2 aromatic rings. The molecule has 0 radical (unpaired) electrons. The normalized spacial score (nSPS) is 16.4. The van der Waals surface area contributed by atoms with E-state index in [0.717, 1.165) is 23.1 Å². The summed E-state index contributed by atoms with van der Waals surface area (Å²) < 4.78 is 5.27. The Hall–Kier alpha value is -2.94. The second-order valence-electron chi connectivity index (χ2n) is 5.19. The van der Waals surface area contributed by atoms with Crippen LogP contribution in [0, 0.1) is 0 Å². The highest BCUT2D eigenvalue weighted by Crippen LogP contribution is 2.20. The monoisotopic (exact) mass is 303 g/mol. The maximum absolute atomic E-state index is 12.0. The Labute approximate surface area is 135 Å². The molecule has 0 N–H and O–H groups in total. The smallest absolute Gasteiger partial charge is 0.363 e. The Morgan fingerprint density at radius 2 is 1.70 bits per heavy atom. The lowest BCUT2D eigenvalue weighted by atomic mass is 10.1. The lowest BCUT2D eigenvalue weighted by Crippen LogP contribution is -2.05. The third-order valence-electron chi connectivity index (χ3n) is 3.52. The topological polar surface area (TPSA) is 38.7 Å². The summed E-state index contributed by atoms with van der Waals surface area (Å²) in [5.41, 5.74) is 3.27. The molecule has 114 valence electrons. The number of nitrogens with zero attached hydrogens (tertiary/aromatic N) is 1. The molecule has 0 amide bonds. The third kappa shape index (κ3) is 3.64. The van der Waals surface area contributed by atoms with Gasteiger partial charge in [0.15, 0.2) is 5.70 Å². The molecule has 3 rings (SSSR count). The quantitative estimate of drug-likeness (QED) is 0.621. The molecular formula is C20H17NO2. The van der Waals surface area contributed by atoms with Crippen LogP contribution in [0.25, 0.3) is 6.08 Å². The van der Waals surface area contributed by atoms with Crippen molar-refractivity contribution in [3.05, 3.63) is 89.1 Å². The number of hydrogen-bond acceptors (Lipinski definition) is 3. The number of ether oxygens (including phenoxy) is 1. The van der Waals surface area contributed by atoms with E-state index in [0.29, 0.717) is 11.6 Å². The molecule has 23 heavy (non-hydrogen) atoms. The molecule has 3 heteroatoms. The van der Waals surface area contributed by atoms with E-state index in [4.69, 9.17) is 4.74 Å². The van der Waals surface area contributed by atoms with Gasteiger partial charge in [0.25, 0.3) is 0 Å². The van der Waals surface area contributed by atoms with Crippen LogP contribution in [0.4, 0.5) is 0 Å². The van der Waals surface area contributed by atoms with Crippen molar-refractivity contribution in [1.82, 2.24) is 0 Å². The first kappa shape index (κ1) is 15.0. The molecule has 1 aliphatic heterocycles. The van der Waals surface area contributed by atoms with Gasteiger partial charge in [-0.1, -0.05) is 61.5 Å². The molecule has 0 saturated carbocycles. The van der Waals surface area contributed by atoms with Crippen LogP contribution in [-0.4, -0.2) is 11.9 Å². The van der Waals surface area contributed by atoms with Gasteiger partial charge in [-0.2, -0.15) is 0 Å². The minimum absolute atomic E-state index is 0.341. The fourth-order valence-corrected chi connectivity index (χ4v) is 2.30. The van der Waals surface area contributed by atoms with Crippen LogP contribution >= 0.6 is 0 Å². The van der Waals surface area contributed by atoms with Crippen molar-refractivity contribution in [2.24, 2.45) is 4.99 Å². The van der Waals surface area contributed by atoms with Gasteiger partial charge in [-0.25, -0.2) is 9.79 Å². The molecule has 0 unspecified atom stereocenters. The van der Waals surface area contributed by atoms with E-state index < -0.39 is 5.97 Å². The zero-order chi connectivity index (χ0) is 16.1. The first-order valence-corrected chi connectivity index (χ1v) is 7.60. The fourth-order valence-electron chi connectivity index (χ4n) is 2.30. The molecule has 1 heterocycles. The summed E-state index contributed by atoms with van der Waals surface area (Å²) in [4.78, 5) is 16.4. The minimum Gasteiger partial charge on any atom is -0.402 e. The lowest BCUT2D eigenvalue weighted by molar-refractivity contribution is -0.130. The number of cyclic esters (lactones) is 1. The van der Waals surface area contributed by atoms with Crippen molar-refractivity contribution in [2.75, 3.05) is 0 Å². The standard InChI is InChI=1S/C20H17NO2/c1-2-15(13-16-9-5-3-6-10-16)14-18-20(22)23-19(21-18)17-11-7-4-8-12-17/h3-14H,2H2,1H3. The van der Waals surface area contributed by atoms with Crippen molar-refractivity contribution in [1.29, 1.82) is 0 Å². The van der Waals surface area contributed by atoms with Crippen LogP contribution in [-0.2, 0) is 9.53 Å². The fraction of sp³-hybridized carbons (Fsp3) is 0.100. The number of rotatable bonds is 4. The number of carbonyl (C=O) groups excluding carboxylic acids is 1. The molecule has 0 aliphatic carbocycles. The van der Waals surface area contributed by atoms with Crippen molar-refractivity contribution >= 4 is 17.9 Å². The van der Waals surface area contributed by atoms with Crippen LogP contribution in [0.2, 0.25) is 0 Å². The number of allylic oxidation sites excluding steroid dienone is 2. The zero-order valence-electron chi connectivity index (χ0n) is 12.9. The summed E-state index contributed by atoms with van der Waals surface area (Å²) >= 11 is 0. The number of aliphatic imine (C=N–C) groups is 1. The van der Waals surface area contributed by atoms with E-state index in [1.165, 1.54) is 0 Å². The summed E-state index contributed by atoms with van der Waals surface area (Å²) in [5.74, 6) is -0.0479. The van der Waals surface area contributed by atoms with Crippen LogP contribution in [0.1, 0.15) is 24.5 Å². The van der Waals surface area contributed by atoms with Gasteiger partial charge in [-0.3, -0.25) is 0 Å². The van der Waals surface area contributed by atoms with Crippen molar-refractivity contribution in [3.8, 4) is 0 Å². The van der Waals surface area contributed by atoms with Crippen molar-refractivity contribution in [3.63, 3.8) is 0 Å². The minimum atomic E-state index is -0.406. The maximum Gasteiger partial charge on any atom is 0.363 e. The molecule has 3 nitrogen and oxygen atoms in total. The zero-order valence-corrected chi connectivity index (χ0v) is 12.9. The first-order valence-electron chi connectivity index (χ1n) is 7.60. The average Bonchev–Trinajstić information content (AvgIpc) is 2.97. The number of carbonyl (C=O) groups is 1. The summed E-state index contributed by atoms with van der Waals surface area (Å²) in [5, 5.41) is 0. The van der Waals surface area contributed by atoms with Crippen LogP contribution in [0.15, 0.2) is 83.0 Å². The summed E-state index contributed by atoms with van der Waals surface area (Å²) in [6.45, 7) is 2.05. The maximum atomic E-state index is 12.0. The average molecular weight is 303 g/mol. The van der Waals surface area contributed by atoms with Crippen molar-refractivity contribution in [2.45, 2.75) is 13.3 Å². The molecular weight excluding hydrogens is 286 g/mol. The Kier molecular flexibility index (Phi) is 4.48. The van der Waals surface area contributed by atoms with Gasteiger partial charge < -0.3 is 4.74 Å². The Balaban J connectivity index is 1.90. The van der Waals surface area contributed by atoms with E-state index in [-0.39, 0.29) is 0 Å². The molecule has 0 aromatic heterocycles.